The Morgan fingerprint density at radius 2 is 1.91 bits per heavy atom. The van der Waals surface area contributed by atoms with Gasteiger partial charge in [0, 0.05) is 17.9 Å². The molecular weight excluding hydrogens is 288 g/mol. The molecule has 0 saturated carbocycles. The fourth-order valence-electron chi connectivity index (χ4n) is 2.20. The van der Waals surface area contributed by atoms with E-state index in [0.717, 1.165) is 35.3 Å². The lowest BCUT2D eigenvalue weighted by atomic mass is 10.1. The van der Waals surface area contributed by atoms with Crippen molar-refractivity contribution in [2.75, 3.05) is 11.9 Å². The van der Waals surface area contributed by atoms with Crippen molar-refractivity contribution >= 4 is 17.5 Å². The van der Waals surface area contributed by atoms with Crippen LogP contribution in [0.15, 0.2) is 24.3 Å². The minimum Gasteiger partial charge on any atom is -0.351 e. The number of aromatic nitrogens is 2. The fraction of sp³-hybridized carbons (Fsp3) is 0.389. The molecule has 0 aliphatic rings. The number of unbranched alkanes of at least 4 members (excludes halogenated alkanes) is 1. The van der Waals surface area contributed by atoms with Gasteiger partial charge in [0.25, 0.3) is 5.91 Å². The molecule has 0 unspecified atom stereocenters. The van der Waals surface area contributed by atoms with Crippen molar-refractivity contribution in [2.24, 2.45) is 0 Å². The van der Waals surface area contributed by atoms with Crippen molar-refractivity contribution in [2.45, 2.75) is 40.5 Å². The molecule has 1 aromatic heterocycles. The lowest BCUT2D eigenvalue weighted by molar-refractivity contribution is 0.0948. The predicted octanol–water partition coefficient (Wildman–Crippen LogP) is 3.68. The normalized spacial score (nSPS) is 10.4. The van der Waals surface area contributed by atoms with E-state index in [9.17, 15) is 4.79 Å². The minimum absolute atomic E-state index is 0.159. The summed E-state index contributed by atoms with van der Waals surface area (Å²) in [6, 6.07) is 7.85. The van der Waals surface area contributed by atoms with Gasteiger partial charge in [0.2, 0.25) is 5.95 Å². The SMILES string of the molecule is CCCCNC(=O)c1cc(C)nc(Nc2cc(C)ccc2C)n1. The molecule has 0 saturated heterocycles. The van der Waals surface area contributed by atoms with Crippen LogP contribution in [0.1, 0.15) is 47.1 Å². The highest BCUT2D eigenvalue weighted by molar-refractivity contribution is 5.92. The van der Waals surface area contributed by atoms with Gasteiger partial charge < -0.3 is 10.6 Å². The maximum absolute atomic E-state index is 12.2. The molecule has 2 aromatic rings. The van der Waals surface area contributed by atoms with E-state index in [2.05, 4.69) is 33.6 Å². The first-order valence-corrected chi connectivity index (χ1v) is 7.97. The Bertz CT molecular complexity index is 697. The number of anilines is 2. The molecule has 0 radical (unpaired) electrons. The van der Waals surface area contributed by atoms with Gasteiger partial charge in [-0.25, -0.2) is 9.97 Å². The maximum atomic E-state index is 12.2. The first-order chi connectivity index (χ1) is 11.0. The second-order valence-corrected chi connectivity index (χ2v) is 5.77. The first kappa shape index (κ1) is 16.9. The largest absolute Gasteiger partial charge is 0.351 e. The molecule has 0 atom stereocenters. The number of benzene rings is 1. The van der Waals surface area contributed by atoms with Gasteiger partial charge in [0.05, 0.1) is 0 Å². The van der Waals surface area contributed by atoms with Crippen molar-refractivity contribution in [1.29, 1.82) is 0 Å². The molecule has 23 heavy (non-hydrogen) atoms. The van der Waals surface area contributed by atoms with Crippen LogP contribution in [0.5, 0.6) is 0 Å². The molecule has 122 valence electrons. The van der Waals surface area contributed by atoms with Gasteiger partial charge in [-0.15, -0.1) is 0 Å². The van der Waals surface area contributed by atoms with E-state index < -0.39 is 0 Å². The van der Waals surface area contributed by atoms with Gasteiger partial charge in [-0.1, -0.05) is 25.5 Å². The van der Waals surface area contributed by atoms with E-state index in [0.29, 0.717) is 18.2 Å². The number of aryl methyl sites for hydroxylation is 3. The Morgan fingerprint density at radius 1 is 1.13 bits per heavy atom. The standard InChI is InChI=1S/C18H24N4O/c1-5-6-9-19-17(23)16-11-14(4)20-18(22-16)21-15-10-12(2)7-8-13(15)3/h7-8,10-11H,5-6,9H2,1-4H3,(H,19,23)(H,20,21,22). The molecular formula is C18H24N4O. The number of amides is 1. The van der Waals surface area contributed by atoms with Crippen molar-refractivity contribution in [3.05, 3.63) is 46.8 Å². The number of carbonyl (C=O) groups excluding carboxylic acids is 1. The fourth-order valence-corrected chi connectivity index (χ4v) is 2.20. The van der Waals surface area contributed by atoms with Crippen molar-refractivity contribution in [3.63, 3.8) is 0 Å². The van der Waals surface area contributed by atoms with E-state index in [-0.39, 0.29) is 5.91 Å². The Balaban J connectivity index is 2.20. The molecule has 2 N–H and O–H groups in total. The maximum Gasteiger partial charge on any atom is 0.270 e. The molecule has 1 heterocycles. The van der Waals surface area contributed by atoms with Crippen molar-refractivity contribution in [1.82, 2.24) is 15.3 Å². The van der Waals surface area contributed by atoms with Crippen LogP contribution in [0.3, 0.4) is 0 Å². The Morgan fingerprint density at radius 3 is 2.65 bits per heavy atom. The van der Waals surface area contributed by atoms with E-state index in [1.54, 1.807) is 6.07 Å². The zero-order chi connectivity index (χ0) is 16.8. The number of nitrogens with one attached hydrogen (secondary N) is 2. The van der Waals surface area contributed by atoms with Gasteiger partial charge in [0.1, 0.15) is 5.69 Å². The van der Waals surface area contributed by atoms with Crippen LogP contribution >= 0.6 is 0 Å². The molecule has 1 aromatic carbocycles. The van der Waals surface area contributed by atoms with Gasteiger partial charge in [-0.2, -0.15) is 0 Å². The summed E-state index contributed by atoms with van der Waals surface area (Å²) in [5.74, 6) is 0.285. The minimum atomic E-state index is -0.159. The summed E-state index contributed by atoms with van der Waals surface area (Å²) in [4.78, 5) is 20.9. The van der Waals surface area contributed by atoms with E-state index in [1.165, 1.54) is 0 Å². The summed E-state index contributed by atoms with van der Waals surface area (Å²) in [6.07, 6.45) is 2.01. The number of nitrogens with zero attached hydrogens (tertiary/aromatic N) is 2. The Kier molecular flexibility index (Phi) is 5.68. The zero-order valence-electron chi connectivity index (χ0n) is 14.2. The molecule has 0 spiro atoms. The van der Waals surface area contributed by atoms with Gasteiger partial charge >= 0.3 is 0 Å². The Hall–Kier alpha value is -2.43. The van der Waals surface area contributed by atoms with Crippen LogP contribution in [0, 0.1) is 20.8 Å². The summed E-state index contributed by atoms with van der Waals surface area (Å²) in [7, 11) is 0. The number of rotatable bonds is 6. The summed E-state index contributed by atoms with van der Waals surface area (Å²) in [5.41, 5.74) is 4.36. The smallest absolute Gasteiger partial charge is 0.270 e. The topological polar surface area (TPSA) is 66.9 Å². The van der Waals surface area contributed by atoms with Crippen molar-refractivity contribution in [3.8, 4) is 0 Å². The first-order valence-electron chi connectivity index (χ1n) is 7.97. The molecule has 0 aliphatic carbocycles. The highest BCUT2D eigenvalue weighted by atomic mass is 16.1. The average Bonchev–Trinajstić information content (AvgIpc) is 2.50. The zero-order valence-corrected chi connectivity index (χ0v) is 14.2. The summed E-state index contributed by atoms with van der Waals surface area (Å²) in [6.45, 7) is 8.67. The number of hydrogen-bond acceptors (Lipinski definition) is 4. The second-order valence-electron chi connectivity index (χ2n) is 5.77. The van der Waals surface area contributed by atoms with Crippen LogP contribution in [0.4, 0.5) is 11.6 Å². The molecule has 0 fully saturated rings. The highest BCUT2D eigenvalue weighted by Gasteiger charge is 2.11. The average molecular weight is 312 g/mol. The molecule has 1 amide bonds. The third-order valence-electron chi connectivity index (χ3n) is 3.54. The van der Waals surface area contributed by atoms with E-state index in [4.69, 9.17) is 0 Å². The van der Waals surface area contributed by atoms with Crippen LogP contribution in [-0.4, -0.2) is 22.4 Å². The summed E-state index contributed by atoms with van der Waals surface area (Å²) >= 11 is 0. The summed E-state index contributed by atoms with van der Waals surface area (Å²) in [5, 5.41) is 6.10. The third kappa shape index (κ3) is 4.77. The van der Waals surface area contributed by atoms with Gasteiger partial charge in [0.15, 0.2) is 0 Å². The van der Waals surface area contributed by atoms with E-state index >= 15 is 0 Å². The molecule has 5 nitrogen and oxygen atoms in total. The Labute approximate surface area is 137 Å². The summed E-state index contributed by atoms with van der Waals surface area (Å²) < 4.78 is 0. The number of hydrogen-bond donors (Lipinski definition) is 2. The van der Waals surface area contributed by atoms with E-state index in [1.807, 2.05) is 32.9 Å². The van der Waals surface area contributed by atoms with Crippen LogP contribution in [-0.2, 0) is 0 Å². The van der Waals surface area contributed by atoms with Gasteiger partial charge in [-0.05, 0) is 50.5 Å². The van der Waals surface area contributed by atoms with Crippen molar-refractivity contribution < 1.29 is 4.79 Å². The third-order valence-corrected chi connectivity index (χ3v) is 3.54. The highest BCUT2D eigenvalue weighted by Crippen LogP contribution is 2.20. The monoisotopic (exact) mass is 312 g/mol. The predicted molar refractivity (Wildman–Crippen MR) is 93.2 cm³/mol. The molecule has 0 bridgehead atoms. The number of carbonyl (C=O) groups is 1. The van der Waals surface area contributed by atoms with Crippen LogP contribution in [0.2, 0.25) is 0 Å². The lowest BCUT2D eigenvalue weighted by Crippen LogP contribution is -2.25. The van der Waals surface area contributed by atoms with Gasteiger partial charge in [-0.3, -0.25) is 4.79 Å². The lowest BCUT2D eigenvalue weighted by Gasteiger charge is -2.11. The molecule has 2 rings (SSSR count). The quantitative estimate of drug-likeness (QED) is 0.799. The molecule has 5 heteroatoms. The molecule has 0 aliphatic heterocycles. The van der Waals surface area contributed by atoms with Crippen LogP contribution < -0.4 is 10.6 Å². The second kappa shape index (κ2) is 7.72. The van der Waals surface area contributed by atoms with Crippen LogP contribution in [0.25, 0.3) is 0 Å².